The number of hydrogen-bond acceptors (Lipinski definition) is 3. The van der Waals surface area contributed by atoms with Gasteiger partial charge in [0.25, 0.3) is 0 Å². The predicted molar refractivity (Wildman–Crippen MR) is 61.8 cm³/mol. The highest BCUT2D eigenvalue weighted by molar-refractivity contribution is 7.22. The lowest BCUT2D eigenvalue weighted by Gasteiger charge is -1.84. The van der Waals surface area contributed by atoms with Crippen molar-refractivity contribution >= 4 is 32.8 Å². The smallest absolute Gasteiger partial charge is 0.0911 e. The first-order valence-electron chi connectivity index (χ1n) is 4.22. The number of thiazole rings is 1. The maximum absolute atomic E-state index is 4.30. The van der Waals surface area contributed by atoms with Gasteiger partial charge in [-0.05, 0) is 29.7 Å². The summed E-state index contributed by atoms with van der Waals surface area (Å²) < 4.78 is 1.30. The van der Waals surface area contributed by atoms with Gasteiger partial charge in [0, 0.05) is 10.1 Å². The highest BCUT2D eigenvalue weighted by Gasteiger charge is 2.04. The second kappa shape index (κ2) is 3.19. The van der Waals surface area contributed by atoms with E-state index >= 15 is 0 Å². The molecule has 3 aromatic rings. The Hall–Kier alpha value is -1.19. The average molecular weight is 216 g/mol. The standard InChI is InChI=1S/C11H6NS2/c1-2-4-10-8(3-1)5-11(14-10)9-6-13-7-12-9/h2-7H. The summed E-state index contributed by atoms with van der Waals surface area (Å²) in [4.78, 5) is 5.54. The largest absolute Gasteiger partial charge is 0.244 e. The lowest BCUT2D eigenvalue weighted by atomic mass is 10.2. The summed E-state index contributed by atoms with van der Waals surface area (Å²) in [6.07, 6.45) is 0. The molecule has 0 saturated heterocycles. The molecule has 0 aliphatic carbocycles. The first-order valence-corrected chi connectivity index (χ1v) is 5.97. The van der Waals surface area contributed by atoms with Crippen LogP contribution in [-0.2, 0) is 0 Å². The molecule has 67 valence electrons. The van der Waals surface area contributed by atoms with Gasteiger partial charge in [0.1, 0.15) is 0 Å². The van der Waals surface area contributed by atoms with Gasteiger partial charge in [-0.3, -0.25) is 0 Å². The molecule has 0 spiro atoms. The Balaban J connectivity index is 2.24. The summed E-state index contributed by atoms with van der Waals surface area (Å²) in [7, 11) is 0. The summed E-state index contributed by atoms with van der Waals surface area (Å²) in [5, 5.41) is 3.33. The maximum atomic E-state index is 4.30. The van der Waals surface area contributed by atoms with Crippen LogP contribution in [0.1, 0.15) is 0 Å². The van der Waals surface area contributed by atoms with Crippen LogP contribution >= 0.6 is 22.7 Å². The van der Waals surface area contributed by atoms with Gasteiger partial charge in [-0.15, -0.1) is 22.7 Å². The van der Waals surface area contributed by atoms with Crippen molar-refractivity contribution in [2.45, 2.75) is 0 Å². The number of thiophene rings is 1. The van der Waals surface area contributed by atoms with Crippen LogP contribution in [0.2, 0.25) is 0 Å². The topological polar surface area (TPSA) is 12.9 Å². The molecule has 3 rings (SSSR count). The van der Waals surface area contributed by atoms with Crippen LogP contribution in [0.4, 0.5) is 0 Å². The quantitative estimate of drug-likeness (QED) is 0.602. The first-order chi connectivity index (χ1) is 6.93. The molecule has 0 N–H and O–H groups in total. The van der Waals surface area contributed by atoms with Gasteiger partial charge >= 0.3 is 0 Å². The molecular formula is C11H6NS2. The number of hydrogen-bond donors (Lipinski definition) is 0. The monoisotopic (exact) mass is 216 g/mol. The number of fused-ring (bicyclic) bond motifs is 1. The molecule has 0 atom stereocenters. The van der Waals surface area contributed by atoms with Crippen LogP contribution < -0.4 is 0 Å². The first kappa shape index (κ1) is 8.15. The van der Waals surface area contributed by atoms with Crippen LogP contribution in [0.3, 0.4) is 0 Å². The summed E-state index contributed by atoms with van der Waals surface area (Å²) in [6.45, 7) is 0. The summed E-state index contributed by atoms with van der Waals surface area (Å²) in [5.41, 5.74) is 2.95. The molecule has 2 aromatic heterocycles. The fraction of sp³-hybridized carbons (Fsp3) is 0. The Morgan fingerprint density at radius 2 is 2.36 bits per heavy atom. The fourth-order valence-electron chi connectivity index (χ4n) is 1.38. The molecule has 1 radical (unpaired) electrons. The van der Waals surface area contributed by atoms with E-state index in [-0.39, 0.29) is 0 Å². The zero-order chi connectivity index (χ0) is 9.38. The van der Waals surface area contributed by atoms with E-state index in [0.29, 0.717) is 0 Å². The third kappa shape index (κ3) is 1.25. The van der Waals surface area contributed by atoms with Crippen molar-refractivity contribution in [3.8, 4) is 10.6 Å². The van der Waals surface area contributed by atoms with Gasteiger partial charge in [0.2, 0.25) is 0 Å². The zero-order valence-electron chi connectivity index (χ0n) is 7.23. The van der Waals surface area contributed by atoms with Crippen molar-refractivity contribution in [1.29, 1.82) is 0 Å². The van der Waals surface area contributed by atoms with Crippen molar-refractivity contribution in [1.82, 2.24) is 4.98 Å². The molecule has 0 fully saturated rings. The minimum absolute atomic E-state index is 1.08. The van der Waals surface area contributed by atoms with Gasteiger partial charge in [-0.1, -0.05) is 6.07 Å². The number of nitrogens with zero attached hydrogens (tertiary/aromatic N) is 1. The number of benzene rings is 1. The molecule has 3 heteroatoms. The molecule has 1 aromatic carbocycles. The Morgan fingerprint density at radius 3 is 3.14 bits per heavy atom. The van der Waals surface area contributed by atoms with Gasteiger partial charge in [0.15, 0.2) is 0 Å². The Labute approximate surface area is 89.7 Å². The minimum Gasteiger partial charge on any atom is -0.244 e. The lowest BCUT2D eigenvalue weighted by Crippen LogP contribution is -1.66. The van der Waals surface area contributed by atoms with E-state index in [9.17, 15) is 0 Å². The zero-order valence-corrected chi connectivity index (χ0v) is 8.86. The van der Waals surface area contributed by atoms with Crippen LogP contribution in [0.25, 0.3) is 20.7 Å². The Kier molecular flexibility index (Phi) is 1.85. The van der Waals surface area contributed by atoms with E-state index in [1.807, 2.05) is 17.6 Å². The van der Waals surface area contributed by atoms with Gasteiger partial charge in [-0.25, -0.2) is 4.98 Å². The van der Waals surface area contributed by atoms with E-state index in [2.05, 4.69) is 28.6 Å². The molecule has 0 saturated carbocycles. The van der Waals surface area contributed by atoms with E-state index in [1.54, 1.807) is 22.7 Å². The van der Waals surface area contributed by atoms with E-state index in [4.69, 9.17) is 0 Å². The molecule has 1 nitrogen and oxygen atoms in total. The van der Waals surface area contributed by atoms with Crippen molar-refractivity contribution < 1.29 is 0 Å². The Morgan fingerprint density at radius 1 is 1.36 bits per heavy atom. The van der Waals surface area contributed by atoms with Gasteiger partial charge in [0.05, 0.1) is 16.1 Å². The number of rotatable bonds is 1. The Bertz CT molecular complexity index is 518. The number of aromatic nitrogens is 1. The van der Waals surface area contributed by atoms with E-state index in [0.717, 1.165) is 5.69 Å². The van der Waals surface area contributed by atoms with Gasteiger partial charge in [-0.2, -0.15) is 0 Å². The normalized spacial score (nSPS) is 10.9. The summed E-state index contributed by atoms with van der Waals surface area (Å²) >= 11 is 3.41. The minimum atomic E-state index is 1.08. The molecule has 14 heavy (non-hydrogen) atoms. The molecule has 2 heterocycles. The van der Waals surface area contributed by atoms with Crippen LogP contribution in [-0.4, -0.2) is 4.98 Å². The molecule has 0 bridgehead atoms. The third-order valence-electron chi connectivity index (χ3n) is 2.05. The highest BCUT2D eigenvalue weighted by atomic mass is 32.1. The second-order valence-electron chi connectivity index (χ2n) is 2.95. The second-order valence-corrected chi connectivity index (χ2v) is 4.75. The van der Waals surface area contributed by atoms with Crippen molar-refractivity contribution in [2.75, 3.05) is 0 Å². The van der Waals surface area contributed by atoms with Gasteiger partial charge < -0.3 is 0 Å². The molecule has 0 aliphatic heterocycles. The molecule has 0 aliphatic rings. The average Bonchev–Trinajstić information content (AvgIpc) is 2.86. The van der Waals surface area contributed by atoms with Crippen molar-refractivity contribution in [3.05, 3.63) is 41.2 Å². The summed E-state index contributed by atoms with van der Waals surface area (Å²) in [5.74, 6) is 0. The van der Waals surface area contributed by atoms with Crippen molar-refractivity contribution in [3.63, 3.8) is 0 Å². The predicted octanol–water partition coefficient (Wildman–Crippen LogP) is 3.82. The molecular weight excluding hydrogens is 210 g/mol. The highest BCUT2D eigenvalue weighted by Crippen LogP contribution is 2.32. The molecule has 0 unspecified atom stereocenters. The SMILES string of the molecule is [c]1ccc2sc(-c3cscn3)cc2c1. The van der Waals surface area contributed by atoms with E-state index in [1.165, 1.54) is 15.0 Å². The van der Waals surface area contributed by atoms with Crippen molar-refractivity contribution in [2.24, 2.45) is 0 Å². The fourth-order valence-corrected chi connectivity index (χ4v) is 3.02. The van der Waals surface area contributed by atoms with E-state index < -0.39 is 0 Å². The lowest BCUT2D eigenvalue weighted by molar-refractivity contribution is 1.43. The third-order valence-corrected chi connectivity index (χ3v) is 3.77. The maximum Gasteiger partial charge on any atom is 0.0911 e. The van der Waals surface area contributed by atoms with Crippen LogP contribution in [0.5, 0.6) is 0 Å². The van der Waals surface area contributed by atoms with Crippen LogP contribution in [0.15, 0.2) is 35.2 Å². The summed E-state index contributed by atoms with van der Waals surface area (Å²) in [6, 6.07) is 11.3. The molecule has 0 amide bonds. The van der Waals surface area contributed by atoms with Crippen LogP contribution in [0, 0.1) is 6.07 Å².